The largest absolute Gasteiger partial charge is 0.477 e. The van der Waals surface area contributed by atoms with Crippen molar-refractivity contribution >= 4 is 38.9 Å². The van der Waals surface area contributed by atoms with Crippen LogP contribution in [0.2, 0.25) is 0 Å². The number of piperazine rings is 1. The van der Waals surface area contributed by atoms with Crippen LogP contribution in [-0.2, 0) is 14.8 Å². The SMILES string of the molecule is O=C(O)c1sc(-c2ccccc2)cc1N1C(=O)CN(S(=O)(=O)c2ccc(-c3ccn[nH]3)nc2)CC1C1CCCCC1. The van der Waals surface area contributed by atoms with E-state index in [1.54, 1.807) is 29.3 Å². The summed E-state index contributed by atoms with van der Waals surface area (Å²) in [4.78, 5) is 32.9. The van der Waals surface area contributed by atoms with E-state index < -0.39 is 27.9 Å². The summed E-state index contributed by atoms with van der Waals surface area (Å²) in [6, 6.07) is 15.6. The van der Waals surface area contributed by atoms with Crippen LogP contribution in [0, 0.1) is 5.92 Å². The Morgan fingerprint density at radius 1 is 1.05 bits per heavy atom. The summed E-state index contributed by atoms with van der Waals surface area (Å²) in [7, 11) is -4.04. The van der Waals surface area contributed by atoms with Crippen molar-refractivity contribution in [2.45, 2.75) is 43.0 Å². The first-order valence-electron chi connectivity index (χ1n) is 13.5. The molecule has 12 heteroatoms. The summed E-state index contributed by atoms with van der Waals surface area (Å²) >= 11 is 1.13. The molecule has 1 amide bonds. The highest BCUT2D eigenvalue weighted by molar-refractivity contribution is 7.89. The topological polar surface area (TPSA) is 137 Å². The van der Waals surface area contributed by atoms with Gasteiger partial charge in [-0.3, -0.25) is 14.9 Å². The van der Waals surface area contributed by atoms with Gasteiger partial charge in [0.05, 0.1) is 29.7 Å². The van der Waals surface area contributed by atoms with Crippen LogP contribution in [0.15, 0.2) is 71.9 Å². The highest BCUT2D eigenvalue weighted by atomic mass is 32.2. The third-order valence-electron chi connectivity index (χ3n) is 7.87. The Hall–Kier alpha value is -3.87. The molecule has 4 aromatic rings. The zero-order valence-corrected chi connectivity index (χ0v) is 23.8. The smallest absolute Gasteiger partial charge is 0.348 e. The van der Waals surface area contributed by atoms with Crippen molar-refractivity contribution in [3.63, 3.8) is 0 Å². The molecule has 0 spiro atoms. The van der Waals surface area contributed by atoms with Gasteiger partial charge in [0.25, 0.3) is 0 Å². The molecule has 1 aromatic carbocycles. The van der Waals surface area contributed by atoms with Crippen LogP contribution in [0.4, 0.5) is 5.69 Å². The Morgan fingerprint density at radius 3 is 2.49 bits per heavy atom. The van der Waals surface area contributed by atoms with Gasteiger partial charge < -0.3 is 10.0 Å². The molecule has 6 rings (SSSR count). The zero-order valence-electron chi connectivity index (χ0n) is 22.1. The molecule has 0 bridgehead atoms. The van der Waals surface area contributed by atoms with Crippen molar-refractivity contribution in [3.05, 3.63) is 71.9 Å². The maximum absolute atomic E-state index is 13.9. The first kappa shape index (κ1) is 27.3. The second-order valence-corrected chi connectivity index (χ2v) is 13.4. The molecule has 2 N–H and O–H groups in total. The van der Waals surface area contributed by atoms with E-state index in [1.165, 1.54) is 16.6 Å². The monoisotopic (exact) mass is 591 g/mol. The fourth-order valence-corrected chi connectivity index (χ4v) is 8.19. The maximum atomic E-state index is 13.9. The molecule has 41 heavy (non-hydrogen) atoms. The summed E-state index contributed by atoms with van der Waals surface area (Å²) in [6.07, 6.45) is 7.64. The lowest BCUT2D eigenvalue weighted by Gasteiger charge is -2.44. The molecular weight excluding hydrogens is 562 g/mol. The second-order valence-electron chi connectivity index (χ2n) is 10.4. The number of hydrogen-bond acceptors (Lipinski definition) is 7. The number of thiophene rings is 1. The van der Waals surface area contributed by atoms with Crippen molar-refractivity contribution in [2.75, 3.05) is 18.0 Å². The number of nitrogens with one attached hydrogen (secondary N) is 1. The predicted molar refractivity (Wildman–Crippen MR) is 155 cm³/mol. The number of nitrogens with zero attached hydrogens (tertiary/aromatic N) is 4. The first-order valence-corrected chi connectivity index (χ1v) is 15.8. The lowest BCUT2D eigenvalue weighted by Crippen LogP contribution is -2.60. The van der Waals surface area contributed by atoms with Crippen LogP contribution in [0.3, 0.4) is 0 Å². The number of carbonyl (C=O) groups excluding carboxylic acids is 1. The van der Waals surface area contributed by atoms with Gasteiger partial charge >= 0.3 is 5.97 Å². The van der Waals surface area contributed by atoms with E-state index in [2.05, 4.69) is 15.2 Å². The van der Waals surface area contributed by atoms with Gasteiger partial charge in [0.1, 0.15) is 9.77 Å². The minimum Gasteiger partial charge on any atom is -0.477 e. The van der Waals surface area contributed by atoms with E-state index in [0.29, 0.717) is 17.1 Å². The van der Waals surface area contributed by atoms with E-state index in [0.717, 1.165) is 53.9 Å². The number of pyridine rings is 1. The summed E-state index contributed by atoms with van der Waals surface area (Å²) in [5.74, 6) is -1.49. The summed E-state index contributed by atoms with van der Waals surface area (Å²) in [5.41, 5.74) is 2.41. The third kappa shape index (κ3) is 5.30. The van der Waals surface area contributed by atoms with Crippen LogP contribution in [0.25, 0.3) is 21.8 Å². The molecule has 1 saturated carbocycles. The Balaban J connectivity index is 1.36. The molecule has 1 aliphatic carbocycles. The van der Waals surface area contributed by atoms with Crippen molar-refractivity contribution in [2.24, 2.45) is 5.92 Å². The number of carboxylic acids is 1. The molecule has 10 nitrogen and oxygen atoms in total. The molecule has 4 heterocycles. The fourth-order valence-electron chi connectivity index (χ4n) is 5.84. The molecule has 0 radical (unpaired) electrons. The van der Waals surface area contributed by atoms with Crippen LogP contribution < -0.4 is 4.90 Å². The summed E-state index contributed by atoms with van der Waals surface area (Å²) in [6.45, 7) is -0.306. The van der Waals surface area contributed by atoms with Crippen LogP contribution in [0.5, 0.6) is 0 Å². The molecule has 1 atom stereocenters. The molecular formula is C29H29N5O5S2. The zero-order chi connectivity index (χ0) is 28.6. The highest BCUT2D eigenvalue weighted by Crippen LogP contribution is 2.42. The first-order chi connectivity index (χ1) is 19.8. The molecule has 212 valence electrons. The molecule has 1 saturated heterocycles. The Labute approximate surface area is 241 Å². The number of anilines is 1. The molecule has 2 aliphatic rings. The Morgan fingerprint density at radius 2 is 1.83 bits per heavy atom. The van der Waals surface area contributed by atoms with Crippen molar-refractivity contribution in [1.29, 1.82) is 0 Å². The Kier molecular flexibility index (Phi) is 7.45. The maximum Gasteiger partial charge on any atom is 0.348 e. The van der Waals surface area contributed by atoms with Gasteiger partial charge in [-0.2, -0.15) is 9.40 Å². The van der Waals surface area contributed by atoms with E-state index in [4.69, 9.17) is 0 Å². The number of aromatic nitrogens is 3. The number of amides is 1. The van der Waals surface area contributed by atoms with Gasteiger partial charge in [-0.05, 0) is 48.6 Å². The quantitative estimate of drug-likeness (QED) is 0.312. The van der Waals surface area contributed by atoms with Gasteiger partial charge in [-0.1, -0.05) is 49.6 Å². The number of benzene rings is 1. The number of carbonyl (C=O) groups is 2. The van der Waals surface area contributed by atoms with Crippen molar-refractivity contribution < 1.29 is 23.1 Å². The molecule has 1 aliphatic heterocycles. The molecule has 3 aromatic heterocycles. The van der Waals surface area contributed by atoms with Crippen LogP contribution >= 0.6 is 11.3 Å². The minimum atomic E-state index is -4.04. The summed E-state index contributed by atoms with van der Waals surface area (Å²) < 4.78 is 28.8. The third-order valence-corrected chi connectivity index (χ3v) is 10.8. The van der Waals surface area contributed by atoms with Crippen molar-refractivity contribution in [3.8, 4) is 21.8 Å². The minimum absolute atomic E-state index is 0.00229. The number of H-pyrrole nitrogens is 1. The predicted octanol–water partition coefficient (Wildman–Crippen LogP) is 4.88. The average Bonchev–Trinajstić information content (AvgIpc) is 3.69. The Bertz CT molecular complexity index is 1650. The number of aromatic amines is 1. The molecule has 2 fully saturated rings. The van der Waals surface area contributed by atoms with E-state index in [-0.39, 0.29) is 28.8 Å². The van der Waals surface area contributed by atoms with E-state index >= 15 is 0 Å². The van der Waals surface area contributed by atoms with Crippen LogP contribution in [-0.4, -0.2) is 64.0 Å². The lowest BCUT2D eigenvalue weighted by atomic mass is 9.82. The van der Waals surface area contributed by atoms with E-state index in [1.807, 2.05) is 30.3 Å². The van der Waals surface area contributed by atoms with Gasteiger partial charge in [0.15, 0.2) is 0 Å². The van der Waals surface area contributed by atoms with Gasteiger partial charge in [0.2, 0.25) is 15.9 Å². The van der Waals surface area contributed by atoms with Gasteiger partial charge in [-0.25, -0.2) is 13.2 Å². The van der Waals surface area contributed by atoms with Crippen molar-refractivity contribution in [1.82, 2.24) is 19.5 Å². The average molecular weight is 592 g/mol. The number of rotatable bonds is 7. The summed E-state index contributed by atoms with van der Waals surface area (Å²) in [5, 5.41) is 16.8. The fraction of sp³-hybridized carbons (Fsp3) is 0.310. The number of aromatic carboxylic acids is 1. The number of hydrogen-bond donors (Lipinski definition) is 2. The number of carboxylic acid groups (broad SMARTS) is 1. The number of sulfonamides is 1. The lowest BCUT2D eigenvalue weighted by molar-refractivity contribution is -0.121. The van der Waals surface area contributed by atoms with E-state index in [9.17, 15) is 23.1 Å². The molecule has 1 unspecified atom stereocenters. The van der Waals surface area contributed by atoms with Gasteiger partial charge in [-0.15, -0.1) is 11.3 Å². The standard InChI is InChI=1S/C29H29N5O5S2/c35-27-18-33(41(38,39)21-11-12-22(30-16-21)23-13-14-31-32-23)17-25(19-7-3-1-4-8-19)34(27)24-15-26(40-28(24)29(36)37)20-9-5-2-6-10-20/h2,5-6,9-16,19,25H,1,3-4,7-8,17-18H2,(H,31,32)(H,36,37). The van der Waals surface area contributed by atoms with Gasteiger partial charge in [0, 0.05) is 23.8 Å². The van der Waals surface area contributed by atoms with Crippen LogP contribution in [0.1, 0.15) is 41.8 Å². The second kappa shape index (κ2) is 11.2. The normalized spacial score (nSPS) is 19.0. The highest BCUT2D eigenvalue weighted by Gasteiger charge is 2.44.